The second kappa shape index (κ2) is 14.5. The topological polar surface area (TPSA) is 246 Å². The Morgan fingerprint density at radius 2 is 1.24 bits per heavy atom. The number of nitrogens with one attached hydrogen (secondary N) is 5. The number of aliphatic carboxylic acids is 1. The Labute approximate surface area is 257 Å². The summed E-state index contributed by atoms with van der Waals surface area (Å²) in [7, 11) is 0. The number of aliphatic hydroxyl groups excluding tert-OH is 1. The van der Waals surface area contributed by atoms with Gasteiger partial charge in [0.1, 0.15) is 12.1 Å². The van der Waals surface area contributed by atoms with Gasteiger partial charge in [0.15, 0.2) is 6.04 Å². The Bertz CT molecular complexity index is 1700. The molecule has 14 nitrogen and oxygen atoms in total. The van der Waals surface area contributed by atoms with Crippen molar-refractivity contribution in [3.8, 4) is 0 Å². The van der Waals surface area contributed by atoms with Crippen molar-refractivity contribution in [3.05, 3.63) is 72.1 Å². The number of para-hydroxylation sites is 2. The summed E-state index contributed by atoms with van der Waals surface area (Å²) in [4.78, 5) is 69.6. The van der Waals surface area contributed by atoms with Gasteiger partial charge in [-0.15, -0.1) is 0 Å². The quantitative estimate of drug-likeness (QED) is 0.0871. The summed E-state index contributed by atoms with van der Waals surface area (Å²) in [5.41, 5.74) is 14.1. The Morgan fingerprint density at radius 1 is 0.778 bits per heavy atom. The van der Waals surface area contributed by atoms with Crippen molar-refractivity contribution in [1.82, 2.24) is 25.9 Å². The lowest BCUT2D eigenvalue weighted by molar-refractivity contribution is -0.145. The first-order valence-electron chi connectivity index (χ1n) is 14.4. The number of aliphatic hydroxyl groups is 1. The van der Waals surface area contributed by atoms with Crippen LogP contribution >= 0.6 is 0 Å². The van der Waals surface area contributed by atoms with Gasteiger partial charge in [0.2, 0.25) is 23.6 Å². The monoisotopic (exact) mass is 619 g/mol. The molecular formula is C31H37N7O7. The number of aromatic nitrogens is 2. The molecule has 0 saturated heterocycles. The SMILES string of the molecule is CC(O)C(NC(=O)C(Cc1c[nH]c2ccccc12)NC(=O)C(Cc1c[nH]c2ccccc12)NC(=O)C(N)CCC(N)=O)C(=O)O. The van der Waals surface area contributed by atoms with Crippen LogP contribution in [0.5, 0.6) is 0 Å². The van der Waals surface area contributed by atoms with Crippen molar-refractivity contribution >= 4 is 51.4 Å². The summed E-state index contributed by atoms with van der Waals surface area (Å²) in [6.07, 6.45) is 1.77. The highest BCUT2D eigenvalue weighted by atomic mass is 16.4. The number of carbonyl (C=O) groups excluding carboxylic acids is 4. The van der Waals surface area contributed by atoms with Crippen LogP contribution in [0.15, 0.2) is 60.9 Å². The van der Waals surface area contributed by atoms with E-state index < -0.39 is 59.9 Å². The predicted molar refractivity (Wildman–Crippen MR) is 166 cm³/mol. The minimum atomic E-state index is -1.63. The number of aromatic amines is 2. The molecule has 45 heavy (non-hydrogen) atoms. The predicted octanol–water partition coefficient (Wildman–Crippen LogP) is -0.0530. The number of carboxylic acids is 1. The van der Waals surface area contributed by atoms with Crippen LogP contribution in [0.1, 0.15) is 30.9 Å². The molecule has 0 aliphatic heterocycles. The van der Waals surface area contributed by atoms with Gasteiger partial charge in [-0.25, -0.2) is 4.79 Å². The molecule has 238 valence electrons. The third kappa shape index (κ3) is 8.25. The van der Waals surface area contributed by atoms with E-state index in [4.69, 9.17) is 11.5 Å². The van der Waals surface area contributed by atoms with Crippen LogP contribution in [-0.2, 0) is 36.8 Å². The Balaban J connectivity index is 1.63. The van der Waals surface area contributed by atoms with Gasteiger partial charge in [0.05, 0.1) is 12.1 Å². The maximum Gasteiger partial charge on any atom is 0.328 e. The molecule has 11 N–H and O–H groups in total. The zero-order valence-electron chi connectivity index (χ0n) is 24.6. The minimum Gasteiger partial charge on any atom is -0.480 e. The van der Waals surface area contributed by atoms with E-state index in [1.165, 1.54) is 6.92 Å². The summed E-state index contributed by atoms with van der Waals surface area (Å²) in [6.45, 7) is 1.22. The molecule has 5 atom stereocenters. The van der Waals surface area contributed by atoms with Gasteiger partial charge in [-0.3, -0.25) is 19.2 Å². The molecule has 4 rings (SSSR count). The maximum atomic E-state index is 13.9. The van der Waals surface area contributed by atoms with Gasteiger partial charge in [0.25, 0.3) is 0 Å². The molecule has 0 fully saturated rings. The average molecular weight is 620 g/mol. The van der Waals surface area contributed by atoms with Gasteiger partial charge in [0, 0.05) is 53.5 Å². The van der Waals surface area contributed by atoms with E-state index in [2.05, 4.69) is 25.9 Å². The van der Waals surface area contributed by atoms with E-state index in [9.17, 15) is 34.2 Å². The van der Waals surface area contributed by atoms with E-state index in [0.717, 1.165) is 21.8 Å². The number of carbonyl (C=O) groups is 5. The average Bonchev–Trinajstić information content (AvgIpc) is 3.61. The van der Waals surface area contributed by atoms with E-state index in [1.807, 2.05) is 48.5 Å². The number of carboxylic acid groups (broad SMARTS) is 1. The first-order chi connectivity index (χ1) is 21.4. The Kier molecular flexibility index (Phi) is 10.5. The number of fused-ring (bicyclic) bond motifs is 2. The number of rotatable bonds is 15. The summed E-state index contributed by atoms with van der Waals surface area (Å²) in [6, 6.07) is 9.42. The van der Waals surface area contributed by atoms with Crippen molar-refractivity contribution in [2.45, 2.75) is 62.9 Å². The number of H-pyrrole nitrogens is 2. The summed E-state index contributed by atoms with van der Waals surface area (Å²) < 4.78 is 0. The third-order valence-corrected chi connectivity index (χ3v) is 7.55. The van der Waals surface area contributed by atoms with Gasteiger partial charge < -0.3 is 47.6 Å². The number of amides is 4. The van der Waals surface area contributed by atoms with E-state index >= 15 is 0 Å². The Hall–Kier alpha value is -5.21. The van der Waals surface area contributed by atoms with Crippen molar-refractivity contribution in [3.63, 3.8) is 0 Å². The highest BCUT2D eigenvalue weighted by Gasteiger charge is 2.33. The molecule has 0 saturated carbocycles. The lowest BCUT2D eigenvalue weighted by atomic mass is 10.0. The van der Waals surface area contributed by atoms with Crippen LogP contribution in [-0.4, -0.2) is 80.1 Å². The largest absolute Gasteiger partial charge is 0.480 e. The molecule has 5 unspecified atom stereocenters. The second-order valence-electron chi connectivity index (χ2n) is 10.9. The number of hydrogen-bond acceptors (Lipinski definition) is 7. The molecule has 0 aliphatic carbocycles. The lowest BCUT2D eigenvalue weighted by Gasteiger charge is -2.26. The molecule has 0 bridgehead atoms. The van der Waals surface area contributed by atoms with Crippen LogP contribution < -0.4 is 27.4 Å². The van der Waals surface area contributed by atoms with Crippen LogP contribution in [0.2, 0.25) is 0 Å². The molecular weight excluding hydrogens is 582 g/mol. The highest BCUT2D eigenvalue weighted by molar-refractivity contribution is 5.95. The van der Waals surface area contributed by atoms with Gasteiger partial charge in [-0.1, -0.05) is 36.4 Å². The standard InChI is InChI=1S/C31H37N7O7/c1-16(39)27(31(44)45)38-30(43)25(13-18-15-35-23-9-5-3-7-20(18)23)37-29(42)24(36-28(41)21(32)10-11-26(33)40)12-17-14-34-22-8-4-2-6-19(17)22/h2-9,14-16,21,24-25,27,34-35,39H,10-13,32H2,1H3,(H2,33,40)(H,36,41)(H,37,42)(H,38,43)(H,44,45). The van der Waals surface area contributed by atoms with Crippen LogP contribution in [0.4, 0.5) is 0 Å². The molecule has 4 aromatic rings. The third-order valence-electron chi connectivity index (χ3n) is 7.55. The molecule has 2 heterocycles. The fraction of sp³-hybridized carbons (Fsp3) is 0.323. The normalized spacial score (nSPS) is 14.6. The van der Waals surface area contributed by atoms with E-state index in [-0.39, 0.29) is 25.7 Å². The highest BCUT2D eigenvalue weighted by Crippen LogP contribution is 2.21. The summed E-state index contributed by atoms with van der Waals surface area (Å²) >= 11 is 0. The van der Waals surface area contributed by atoms with E-state index in [1.54, 1.807) is 12.4 Å². The number of benzene rings is 2. The fourth-order valence-corrected chi connectivity index (χ4v) is 5.08. The van der Waals surface area contributed by atoms with Crippen molar-refractivity contribution in [2.24, 2.45) is 11.5 Å². The smallest absolute Gasteiger partial charge is 0.328 e. The van der Waals surface area contributed by atoms with Crippen molar-refractivity contribution < 1.29 is 34.2 Å². The molecule has 14 heteroatoms. The number of hydrogen-bond donors (Lipinski definition) is 9. The van der Waals surface area contributed by atoms with Gasteiger partial charge in [-0.05, 0) is 36.6 Å². The van der Waals surface area contributed by atoms with Crippen LogP contribution in [0.3, 0.4) is 0 Å². The fourth-order valence-electron chi connectivity index (χ4n) is 5.08. The Morgan fingerprint density at radius 3 is 1.71 bits per heavy atom. The first kappa shape index (κ1) is 32.7. The summed E-state index contributed by atoms with van der Waals surface area (Å²) in [5.74, 6) is -4.37. The van der Waals surface area contributed by atoms with Gasteiger partial charge in [-0.2, -0.15) is 0 Å². The van der Waals surface area contributed by atoms with Gasteiger partial charge >= 0.3 is 5.97 Å². The number of primary amides is 1. The second-order valence-corrected chi connectivity index (χ2v) is 10.9. The molecule has 0 radical (unpaired) electrons. The van der Waals surface area contributed by atoms with Crippen LogP contribution in [0, 0.1) is 0 Å². The molecule has 2 aromatic heterocycles. The van der Waals surface area contributed by atoms with Crippen molar-refractivity contribution in [1.29, 1.82) is 0 Å². The maximum absolute atomic E-state index is 13.9. The first-order valence-corrected chi connectivity index (χ1v) is 14.4. The molecule has 0 aliphatic rings. The zero-order valence-corrected chi connectivity index (χ0v) is 24.6. The minimum absolute atomic E-state index is 0.0109. The summed E-state index contributed by atoms with van der Waals surface area (Å²) in [5, 5.41) is 28.7. The number of nitrogens with two attached hydrogens (primary N) is 2. The van der Waals surface area contributed by atoms with Crippen molar-refractivity contribution in [2.75, 3.05) is 0 Å². The molecule has 2 aromatic carbocycles. The van der Waals surface area contributed by atoms with E-state index in [0.29, 0.717) is 11.1 Å². The van der Waals surface area contributed by atoms with Crippen LogP contribution in [0.25, 0.3) is 21.8 Å². The molecule has 0 spiro atoms. The molecule has 4 amide bonds. The zero-order chi connectivity index (χ0) is 32.7. The lowest BCUT2D eigenvalue weighted by Crippen LogP contribution is -2.59.